The molecule has 0 saturated heterocycles. The maximum absolute atomic E-state index is 12.4. The Hall–Kier alpha value is -2.52. The maximum Gasteiger partial charge on any atom is 0.294 e. The van der Waals surface area contributed by atoms with Crippen molar-refractivity contribution in [2.45, 2.75) is 10.6 Å². The Morgan fingerprint density at radius 3 is 2.09 bits per heavy atom. The van der Waals surface area contributed by atoms with Crippen LogP contribution in [0.15, 0.2) is 47.4 Å². The zero-order chi connectivity index (χ0) is 17.2. The number of sulfone groups is 1. The van der Waals surface area contributed by atoms with Crippen molar-refractivity contribution in [3.8, 4) is 0 Å². The molecule has 2 aromatic carbocycles. The first-order valence-corrected chi connectivity index (χ1v) is 8.14. The second-order valence-corrected chi connectivity index (χ2v) is 6.95. The van der Waals surface area contributed by atoms with E-state index in [0.717, 1.165) is 12.1 Å². The maximum atomic E-state index is 12.4. The van der Waals surface area contributed by atoms with Crippen LogP contribution < -0.4 is 0 Å². The van der Waals surface area contributed by atoms with E-state index in [2.05, 4.69) is 0 Å². The number of nitro groups is 2. The smallest absolute Gasteiger partial charge is 0.258 e. The van der Waals surface area contributed by atoms with Gasteiger partial charge in [-0.2, -0.15) is 0 Å². The highest BCUT2D eigenvalue weighted by atomic mass is 35.5. The van der Waals surface area contributed by atoms with Gasteiger partial charge in [0, 0.05) is 11.1 Å². The summed E-state index contributed by atoms with van der Waals surface area (Å²) < 4.78 is 24.8. The third-order valence-electron chi connectivity index (χ3n) is 2.96. The Bertz CT molecular complexity index is 880. The van der Waals surface area contributed by atoms with Crippen LogP contribution in [0.5, 0.6) is 0 Å². The number of hydrogen-bond acceptors (Lipinski definition) is 6. The van der Waals surface area contributed by atoms with Gasteiger partial charge in [0.1, 0.15) is 4.90 Å². The van der Waals surface area contributed by atoms with Gasteiger partial charge < -0.3 is 0 Å². The molecule has 23 heavy (non-hydrogen) atoms. The van der Waals surface area contributed by atoms with Gasteiger partial charge in [-0.3, -0.25) is 20.2 Å². The van der Waals surface area contributed by atoms with Crippen LogP contribution in [0.25, 0.3) is 0 Å². The largest absolute Gasteiger partial charge is 0.294 e. The van der Waals surface area contributed by atoms with Crippen LogP contribution in [-0.2, 0) is 15.6 Å². The van der Waals surface area contributed by atoms with Gasteiger partial charge in [0.15, 0.2) is 9.84 Å². The van der Waals surface area contributed by atoms with E-state index in [0.29, 0.717) is 16.7 Å². The van der Waals surface area contributed by atoms with E-state index in [9.17, 15) is 28.6 Å². The minimum atomic E-state index is -4.05. The Morgan fingerprint density at radius 2 is 1.57 bits per heavy atom. The first-order valence-electron chi connectivity index (χ1n) is 6.11. The highest BCUT2D eigenvalue weighted by Gasteiger charge is 2.28. The van der Waals surface area contributed by atoms with Gasteiger partial charge in [-0.15, -0.1) is 0 Å². The first kappa shape index (κ1) is 16.8. The van der Waals surface area contributed by atoms with E-state index >= 15 is 0 Å². The fraction of sp³-hybridized carbons (Fsp3) is 0.0769. The molecule has 0 N–H and O–H groups in total. The molecule has 0 aliphatic heterocycles. The summed E-state index contributed by atoms with van der Waals surface area (Å²) in [6.45, 7) is 0. The van der Waals surface area contributed by atoms with E-state index in [1.165, 1.54) is 24.3 Å². The third-order valence-corrected chi connectivity index (χ3v) is 4.94. The molecule has 0 aliphatic carbocycles. The molecule has 0 spiro atoms. The molecule has 0 unspecified atom stereocenters. The Morgan fingerprint density at radius 1 is 0.957 bits per heavy atom. The topological polar surface area (TPSA) is 120 Å². The second kappa shape index (κ2) is 6.31. The molecule has 0 atom stereocenters. The average Bonchev–Trinajstić information content (AvgIpc) is 2.48. The van der Waals surface area contributed by atoms with Crippen molar-refractivity contribution in [3.63, 3.8) is 0 Å². The van der Waals surface area contributed by atoms with Gasteiger partial charge in [0.2, 0.25) is 0 Å². The highest BCUT2D eigenvalue weighted by molar-refractivity contribution is 7.90. The number of nitro benzene ring substituents is 2. The van der Waals surface area contributed by atoms with E-state index < -0.39 is 41.7 Å². The molecule has 0 fully saturated rings. The van der Waals surface area contributed by atoms with Crippen LogP contribution >= 0.6 is 11.6 Å². The normalized spacial score (nSPS) is 11.2. The molecule has 0 radical (unpaired) electrons. The second-order valence-electron chi connectivity index (χ2n) is 4.55. The number of rotatable bonds is 5. The molecule has 0 aliphatic rings. The van der Waals surface area contributed by atoms with Gasteiger partial charge in [-0.25, -0.2) is 8.42 Å². The minimum Gasteiger partial charge on any atom is -0.258 e. The molecule has 10 heteroatoms. The van der Waals surface area contributed by atoms with Crippen LogP contribution in [-0.4, -0.2) is 18.3 Å². The molecule has 0 amide bonds. The van der Waals surface area contributed by atoms with Crippen molar-refractivity contribution in [1.29, 1.82) is 0 Å². The fourth-order valence-corrected chi connectivity index (χ4v) is 3.54. The van der Waals surface area contributed by atoms with E-state index in [4.69, 9.17) is 11.6 Å². The van der Waals surface area contributed by atoms with Crippen molar-refractivity contribution in [3.05, 3.63) is 73.3 Å². The zero-order valence-electron chi connectivity index (χ0n) is 11.4. The van der Waals surface area contributed by atoms with Gasteiger partial charge in [0.05, 0.1) is 21.7 Å². The number of benzene rings is 2. The predicted molar refractivity (Wildman–Crippen MR) is 82.1 cm³/mol. The number of nitrogens with zero attached hydrogens (tertiary/aromatic N) is 2. The molecule has 0 heterocycles. The van der Waals surface area contributed by atoms with Crippen LogP contribution in [0.4, 0.5) is 11.4 Å². The summed E-state index contributed by atoms with van der Waals surface area (Å²) in [7, 11) is -4.05. The van der Waals surface area contributed by atoms with Crippen molar-refractivity contribution in [2.75, 3.05) is 0 Å². The zero-order valence-corrected chi connectivity index (χ0v) is 13.0. The lowest BCUT2D eigenvalue weighted by molar-refractivity contribution is -0.396. The van der Waals surface area contributed by atoms with Crippen molar-refractivity contribution >= 4 is 32.8 Å². The van der Waals surface area contributed by atoms with Crippen LogP contribution in [0.1, 0.15) is 5.56 Å². The standard InChI is InChI=1S/C13H9ClN2O6S/c14-10-3-1-9(2-4-10)8-23(21,22)13-6-5-11(15(17)18)7-12(13)16(19)20/h1-7H,8H2. The lowest BCUT2D eigenvalue weighted by Crippen LogP contribution is -2.08. The van der Waals surface area contributed by atoms with Gasteiger partial charge in [-0.1, -0.05) is 23.7 Å². The van der Waals surface area contributed by atoms with Gasteiger partial charge in [0.25, 0.3) is 11.4 Å². The first-order chi connectivity index (χ1) is 10.7. The molecule has 0 bridgehead atoms. The summed E-state index contributed by atoms with van der Waals surface area (Å²) in [5, 5.41) is 22.1. The number of halogens is 1. The molecule has 2 rings (SSSR count). The summed E-state index contributed by atoms with van der Waals surface area (Å²) in [5.41, 5.74) is -0.989. The van der Waals surface area contributed by atoms with E-state index in [1.54, 1.807) is 0 Å². The summed E-state index contributed by atoms with van der Waals surface area (Å²) in [6.07, 6.45) is 0. The fourth-order valence-electron chi connectivity index (χ4n) is 1.90. The lowest BCUT2D eigenvalue weighted by Gasteiger charge is -2.06. The van der Waals surface area contributed by atoms with Crippen molar-refractivity contribution in [1.82, 2.24) is 0 Å². The van der Waals surface area contributed by atoms with Crippen LogP contribution in [0.2, 0.25) is 5.02 Å². The highest BCUT2D eigenvalue weighted by Crippen LogP contribution is 2.30. The molecule has 0 aromatic heterocycles. The molecule has 120 valence electrons. The molecule has 0 saturated carbocycles. The van der Waals surface area contributed by atoms with E-state index in [-0.39, 0.29) is 0 Å². The minimum absolute atomic E-state index is 0.391. The number of hydrogen-bond donors (Lipinski definition) is 0. The van der Waals surface area contributed by atoms with Gasteiger partial charge in [-0.05, 0) is 23.8 Å². The SMILES string of the molecule is O=[N+]([O-])c1ccc(S(=O)(=O)Cc2ccc(Cl)cc2)c([N+](=O)[O-])c1. The number of non-ortho nitro benzene ring substituents is 1. The average molecular weight is 357 g/mol. The van der Waals surface area contributed by atoms with Crippen LogP contribution in [0.3, 0.4) is 0 Å². The third kappa shape index (κ3) is 3.82. The molecular weight excluding hydrogens is 348 g/mol. The lowest BCUT2D eigenvalue weighted by atomic mass is 10.2. The van der Waals surface area contributed by atoms with E-state index in [1.807, 2.05) is 0 Å². The van der Waals surface area contributed by atoms with Gasteiger partial charge >= 0.3 is 0 Å². The quantitative estimate of drug-likeness (QED) is 0.599. The molecule has 2 aromatic rings. The Balaban J connectivity index is 2.48. The predicted octanol–water partition coefficient (Wildman–Crippen LogP) is 3.13. The monoisotopic (exact) mass is 356 g/mol. The Kier molecular flexibility index (Phi) is 4.62. The van der Waals surface area contributed by atoms with Crippen LogP contribution in [0, 0.1) is 20.2 Å². The molecule has 8 nitrogen and oxygen atoms in total. The van der Waals surface area contributed by atoms with Crippen molar-refractivity contribution < 1.29 is 18.3 Å². The Labute approximate surface area is 135 Å². The molecular formula is C13H9ClN2O6S. The van der Waals surface area contributed by atoms with Crippen molar-refractivity contribution in [2.24, 2.45) is 0 Å². The summed E-state index contributed by atoms with van der Waals surface area (Å²) in [4.78, 5) is 19.4. The summed E-state index contributed by atoms with van der Waals surface area (Å²) in [6, 6.07) is 8.39. The summed E-state index contributed by atoms with van der Waals surface area (Å²) >= 11 is 5.71. The summed E-state index contributed by atoms with van der Waals surface area (Å²) in [5.74, 6) is -0.483.